The lowest BCUT2D eigenvalue weighted by atomic mass is 10.2. The predicted molar refractivity (Wildman–Crippen MR) is 141 cm³/mol. The van der Waals surface area contributed by atoms with E-state index in [1.165, 1.54) is 12.1 Å². The fourth-order valence-corrected chi connectivity index (χ4v) is 3.55. The molecule has 0 bridgehead atoms. The predicted octanol–water partition coefficient (Wildman–Crippen LogP) is 3.25. The molecule has 1 fully saturated rings. The summed E-state index contributed by atoms with van der Waals surface area (Å²) in [4.78, 5) is 21.3. The standard InChI is InChI=1S/C24H32FN5O2.HI/c1-3-26-24(28-18-19-4-10-22(32-2)11-5-19)27-13-12-23(31)30-16-14-29(15-17-30)21-8-6-20(25)7-9-21;/h4-11H,3,12-18H2,1-2H3,(H2,26,27,28);1H. The molecule has 1 saturated heterocycles. The minimum atomic E-state index is -0.237. The van der Waals surface area contributed by atoms with Crippen molar-refractivity contribution in [2.24, 2.45) is 4.99 Å². The molecule has 1 amide bonds. The summed E-state index contributed by atoms with van der Waals surface area (Å²) >= 11 is 0. The van der Waals surface area contributed by atoms with Gasteiger partial charge in [0.25, 0.3) is 0 Å². The van der Waals surface area contributed by atoms with Crippen molar-refractivity contribution in [2.75, 3.05) is 51.3 Å². The van der Waals surface area contributed by atoms with Gasteiger partial charge in [-0.3, -0.25) is 4.79 Å². The maximum Gasteiger partial charge on any atom is 0.224 e. The van der Waals surface area contributed by atoms with Gasteiger partial charge >= 0.3 is 0 Å². The Bertz CT molecular complexity index is 885. The van der Waals surface area contributed by atoms with Crippen LogP contribution in [-0.4, -0.2) is 63.1 Å². The number of guanidine groups is 1. The normalized spacial score (nSPS) is 13.8. The zero-order valence-corrected chi connectivity index (χ0v) is 21.6. The lowest BCUT2D eigenvalue weighted by Crippen LogP contribution is -2.49. The Morgan fingerprint density at radius 3 is 2.30 bits per heavy atom. The van der Waals surface area contributed by atoms with Gasteiger partial charge in [0.15, 0.2) is 5.96 Å². The summed E-state index contributed by atoms with van der Waals surface area (Å²) in [6.45, 7) is 6.64. The number of carbonyl (C=O) groups is 1. The topological polar surface area (TPSA) is 69.2 Å². The molecule has 0 aliphatic carbocycles. The molecule has 2 N–H and O–H groups in total. The number of anilines is 1. The monoisotopic (exact) mass is 569 g/mol. The van der Waals surface area contributed by atoms with Gasteiger partial charge in [-0.2, -0.15) is 0 Å². The van der Waals surface area contributed by atoms with E-state index in [-0.39, 0.29) is 35.7 Å². The van der Waals surface area contributed by atoms with Crippen LogP contribution in [0.5, 0.6) is 5.75 Å². The van der Waals surface area contributed by atoms with E-state index in [1.807, 2.05) is 36.1 Å². The lowest BCUT2D eigenvalue weighted by molar-refractivity contribution is -0.131. The summed E-state index contributed by atoms with van der Waals surface area (Å²) < 4.78 is 18.3. The Morgan fingerprint density at radius 2 is 1.70 bits per heavy atom. The molecule has 7 nitrogen and oxygen atoms in total. The van der Waals surface area contributed by atoms with Crippen molar-refractivity contribution in [2.45, 2.75) is 19.9 Å². The molecular weight excluding hydrogens is 536 g/mol. The average Bonchev–Trinajstić information content (AvgIpc) is 2.83. The van der Waals surface area contributed by atoms with E-state index in [2.05, 4.69) is 20.5 Å². The Balaban J connectivity index is 0.00000385. The number of nitrogens with zero attached hydrogens (tertiary/aromatic N) is 3. The summed E-state index contributed by atoms with van der Waals surface area (Å²) in [6, 6.07) is 14.3. The Morgan fingerprint density at radius 1 is 1.03 bits per heavy atom. The largest absolute Gasteiger partial charge is 0.497 e. The molecular formula is C24H33FIN5O2. The van der Waals surface area contributed by atoms with Crippen LogP contribution in [0, 0.1) is 5.82 Å². The molecule has 0 spiro atoms. The summed E-state index contributed by atoms with van der Waals surface area (Å²) in [5, 5.41) is 6.46. The summed E-state index contributed by atoms with van der Waals surface area (Å²) in [6.07, 6.45) is 0.406. The van der Waals surface area contributed by atoms with E-state index in [4.69, 9.17) is 4.74 Å². The lowest BCUT2D eigenvalue weighted by Gasteiger charge is -2.36. The molecule has 9 heteroatoms. The highest BCUT2D eigenvalue weighted by Gasteiger charge is 2.21. The third-order valence-corrected chi connectivity index (χ3v) is 5.38. The SMILES string of the molecule is CCNC(=NCc1ccc(OC)cc1)NCCC(=O)N1CCN(c2ccc(F)cc2)CC1.I. The number of benzene rings is 2. The number of ether oxygens (including phenoxy) is 1. The van der Waals surface area contributed by atoms with Gasteiger partial charge in [0.1, 0.15) is 11.6 Å². The minimum Gasteiger partial charge on any atom is -0.497 e. The first-order chi connectivity index (χ1) is 15.6. The molecule has 1 heterocycles. The molecule has 2 aromatic carbocycles. The van der Waals surface area contributed by atoms with Gasteiger partial charge in [-0.05, 0) is 48.9 Å². The van der Waals surface area contributed by atoms with E-state index in [1.54, 1.807) is 19.2 Å². The highest BCUT2D eigenvalue weighted by Crippen LogP contribution is 2.17. The molecule has 3 rings (SSSR count). The quantitative estimate of drug-likeness (QED) is 0.291. The van der Waals surface area contributed by atoms with Crippen LogP contribution >= 0.6 is 24.0 Å². The molecule has 180 valence electrons. The molecule has 0 aromatic heterocycles. The van der Waals surface area contributed by atoms with Gasteiger partial charge in [-0.25, -0.2) is 9.38 Å². The van der Waals surface area contributed by atoms with Gasteiger partial charge in [0, 0.05) is 51.4 Å². The minimum absolute atomic E-state index is 0. The second kappa shape index (κ2) is 13.9. The van der Waals surface area contributed by atoms with Crippen molar-refractivity contribution >= 4 is 41.5 Å². The second-order valence-corrected chi connectivity index (χ2v) is 7.56. The summed E-state index contributed by atoms with van der Waals surface area (Å²) in [7, 11) is 1.65. The number of carbonyl (C=O) groups excluding carboxylic acids is 1. The van der Waals surface area contributed by atoms with E-state index < -0.39 is 0 Å². The number of methoxy groups -OCH3 is 1. The number of halogens is 2. The molecule has 0 unspecified atom stereocenters. The van der Waals surface area contributed by atoms with Crippen LogP contribution in [0.3, 0.4) is 0 Å². The molecule has 1 aliphatic heterocycles. The van der Waals surface area contributed by atoms with Crippen LogP contribution in [0.1, 0.15) is 18.9 Å². The maximum absolute atomic E-state index is 13.1. The van der Waals surface area contributed by atoms with Crippen molar-refractivity contribution in [3.05, 3.63) is 59.9 Å². The number of hydrogen-bond acceptors (Lipinski definition) is 4. The number of nitrogens with one attached hydrogen (secondary N) is 2. The van der Waals surface area contributed by atoms with Crippen LogP contribution in [0.2, 0.25) is 0 Å². The highest BCUT2D eigenvalue weighted by molar-refractivity contribution is 14.0. The number of hydrogen-bond donors (Lipinski definition) is 2. The Hall–Kier alpha value is -2.56. The Labute approximate surface area is 212 Å². The van der Waals surface area contributed by atoms with E-state index in [9.17, 15) is 9.18 Å². The third-order valence-electron chi connectivity index (χ3n) is 5.38. The fourth-order valence-electron chi connectivity index (χ4n) is 3.55. The van der Waals surface area contributed by atoms with E-state index in [0.29, 0.717) is 38.6 Å². The molecule has 2 aromatic rings. The van der Waals surface area contributed by atoms with Crippen molar-refractivity contribution in [3.63, 3.8) is 0 Å². The fraction of sp³-hybridized carbons (Fsp3) is 0.417. The van der Waals surface area contributed by atoms with Crippen molar-refractivity contribution in [3.8, 4) is 5.75 Å². The average molecular weight is 569 g/mol. The molecule has 0 radical (unpaired) electrons. The van der Waals surface area contributed by atoms with Crippen LogP contribution in [0.15, 0.2) is 53.5 Å². The van der Waals surface area contributed by atoms with Crippen LogP contribution in [0.25, 0.3) is 0 Å². The van der Waals surface area contributed by atoms with Crippen LogP contribution in [-0.2, 0) is 11.3 Å². The van der Waals surface area contributed by atoms with Gasteiger partial charge in [0.2, 0.25) is 5.91 Å². The molecule has 0 atom stereocenters. The van der Waals surface area contributed by atoms with E-state index >= 15 is 0 Å². The van der Waals surface area contributed by atoms with Gasteiger partial charge in [-0.15, -0.1) is 24.0 Å². The van der Waals surface area contributed by atoms with Crippen LogP contribution < -0.4 is 20.3 Å². The van der Waals surface area contributed by atoms with Gasteiger partial charge < -0.3 is 25.2 Å². The number of aliphatic imine (C=N–C) groups is 1. The molecule has 0 saturated carbocycles. The van der Waals surface area contributed by atoms with Gasteiger partial charge in [-0.1, -0.05) is 12.1 Å². The summed E-state index contributed by atoms with van der Waals surface area (Å²) in [5.74, 6) is 1.40. The zero-order valence-electron chi connectivity index (χ0n) is 19.2. The van der Waals surface area contributed by atoms with E-state index in [0.717, 1.165) is 36.6 Å². The van der Waals surface area contributed by atoms with Crippen molar-refractivity contribution in [1.82, 2.24) is 15.5 Å². The third kappa shape index (κ3) is 8.38. The Kier molecular flexibility index (Phi) is 11.2. The molecule has 1 aliphatic rings. The smallest absolute Gasteiger partial charge is 0.224 e. The number of rotatable bonds is 8. The summed E-state index contributed by atoms with van der Waals surface area (Å²) in [5.41, 5.74) is 2.07. The highest BCUT2D eigenvalue weighted by atomic mass is 127. The first-order valence-electron chi connectivity index (χ1n) is 11.0. The maximum atomic E-state index is 13.1. The van der Waals surface area contributed by atoms with Crippen molar-refractivity contribution in [1.29, 1.82) is 0 Å². The molecule has 33 heavy (non-hydrogen) atoms. The number of amides is 1. The zero-order chi connectivity index (χ0) is 22.8. The van der Waals surface area contributed by atoms with Crippen molar-refractivity contribution < 1.29 is 13.9 Å². The second-order valence-electron chi connectivity index (χ2n) is 7.56. The first kappa shape index (κ1) is 26.7. The number of piperazine rings is 1. The first-order valence-corrected chi connectivity index (χ1v) is 11.0. The van der Waals surface area contributed by atoms with Crippen LogP contribution in [0.4, 0.5) is 10.1 Å². The van der Waals surface area contributed by atoms with Gasteiger partial charge in [0.05, 0.1) is 13.7 Å².